The number of hydrogen-bond acceptors (Lipinski definition) is 3. The average molecular weight is 236 g/mol. The van der Waals surface area contributed by atoms with Gasteiger partial charge >= 0.3 is 0 Å². The van der Waals surface area contributed by atoms with E-state index >= 15 is 0 Å². The van der Waals surface area contributed by atoms with E-state index in [4.69, 9.17) is 5.73 Å². The molecule has 1 saturated heterocycles. The van der Waals surface area contributed by atoms with Gasteiger partial charge in [0.05, 0.1) is 6.33 Å². The molecule has 0 spiro atoms. The van der Waals surface area contributed by atoms with E-state index in [1.165, 1.54) is 0 Å². The maximum absolute atomic E-state index is 11.9. The Hall–Kier alpha value is -1.36. The average Bonchev–Trinajstić information content (AvgIpc) is 2.82. The SMILES string of the molecule is N[C@H]1CCCN(C(=O)CCCn2ccnc2)C1. The van der Waals surface area contributed by atoms with E-state index in [2.05, 4.69) is 4.98 Å². The standard InChI is InChI=1S/C12H20N4O/c13-11-3-1-7-16(9-11)12(17)4-2-6-15-8-5-14-10-15/h5,8,10-11H,1-4,6-7,9,13H2/t11-/m0/s1. The first-order valence-corrected chi connectivity index (χ1v) is 6.25. The van der Waals surface area contributed by atoms with Gasteiger partial charge in [-0.1, -0.05) is 0 Å². The highest BCUT2D eigenvalue weighted by atomic mass is 16.2. The normalized spacial score (nSPS) is 20.5. The van der Waals surface area contributed by atoms with Crippen molar-refractivity contribution in [3.63, 3.8) is 0 Å². The van der Waals surface area contributed by atoms with E-state index in [0.29, 0.717) is 6.42 Å². The molecular weight excluding hydrogens is 216 g/mol. The van der Waals surface area contributed by atoms with Crippen molar-refractivity contribution in [2.45, 2.75) is 38.3 Å². The van der Waals surface area contributed by atoms with Crippen LogP contribution >= 0.6 is 0 Å². The highest BCUT2D eigenvalue weighted by Gasteiger charge is 2.20. The number of aryl methyl sites for hydroxylation is 1. The smallest absolute Gasteiger partial charge is 0.222 e. The third-order valence-corrected chi connectivity index (χ3v) is 3.18. The monoisotopic (exact) mass is 236 g/mol. The van der Waals surface area contributed by atoms with Crippen LogP contribution in [0.3, 0.4) is 0 Å². The van der Waals surface area contributed by atoms with E-state index in [-0.39, 0.29) is 11.9 Å². The molecule has 0 unspecified atom stereocenters. The maximum atomic E-state index is 11.9. The summed E-state index contributed by atoms with van der Waals surface area (Å²) >= 11 is 0. The first-order chi connectivity index (χ1) is 8.25. The summed E-state index contributed by atoms with van der Waals surface area (Å²) in [4.78, 5) is 17.8. The lowest BCUT2D eigenvalue weighted by Crippen LogP contribution is -2.45. The largest absolute Gasteiger partial charge is 0.341 e. The van der Waals surface area contributed by atoms with Crippen LogP contribution in [0.5, 0.6) is 0 Å². The van der Waals surface area contributed by atoms with Crippen molar-refractivity contribution in [1.29, 1.82) is 0 Å². The van der Waals surface area contributed by atoms with Gasteiger partial charge in [0.15, 0.2) is 0 Å². The van der Waals surface area contributed by atoms with Crippen molar-refractivity contribution in [3.8, 4) is 0 Å². The summed E-state index contributed by atoms with van der Waals surface area (Å²) in [6.45, 7) is 2.45. The summed E-state index contributed by atoms with van der Waals surface area (Å²) in [5, 5.41) is 0. The summed E-state index contributed by atoms with van der Waals surface area (Å²) in [6, 6.07) is 0.168. The second-order valence-electron chi connectivity index (χ2n) is 4.65. The molecule has 17 heavy (non-hydrogen) atoms. The van der Waals surface area contributed by atoms with E-state index < -0.39 is 0 Å². The zero-order valence-corrected chi connectivity index (χ0v) is 10.1. The highest BCUT2D eigenvalue weighted by molar-refractivity contribution is 5.76. The lowest BCUT2D eigenvalue weighted by Gasteiger charge is -2.30. The molecule has 1 aliphatic rings. The molecule has 2 heterocycles. The summed E-state index contributed by atoms with van der Waals surface area (Å²) in [5.41, 5.74) is 5.86. The van der Waals surface area contributed by atoms with Crippen LogP contribution in [0.4, 0.5) is 0 Å². The number of nitrogens with zero attached hydrogens (tertiary/aromatic N) is 3. The van der Waals surface area contributed by atoms with E-state index in [1.54, 1.807) is 12.5 Å². The first kappa shape index (κ1) is 12.1. The molecule has 0 aliphatic carbocycles. The van der Waals surface area contributed by atoms with Gasteiger partial charge in [-0.3, -0.25) is 4.79 Å². The van der Waals surface area contributed by atoms with Crippen molar-refractivity contribution in [2.75, 3.05) is 13.1 Å². The number of aromatic nitrogens is 2. The third-order valence-electron chi connectivity index (χ3n) is 3.18. The molecule has 1 aromatic rings. The molecule has 0 bridgehead atoms. The number of amides is 1. The van der Waals surface area contributed by atoms with Crippen LogP contribution in [-0.2, 0) is 11.3 Å². The number of carbonyl (C=O) groups excluding carboxylic acids is 1. The molecular formula is C12H20N4O. The fraction of sp³-hybridized carbons (Fsp3) is 0.667. The number of likely N-dealkylation sites (tertiary alicyclic amines) is 1. The van der Waals surface area contributed by atoms with Crippen LogP contribution in [0.1, 0.15) is 25.7 Å². The van der Waals surface area contributed by atoms with Crippen LogP contribution in [0.25, 0.3) is 0 Å². The van der Waals surface area contributed by atoms with Gasteiger partial charge in [-0.25, -0.2) is 4.98 Å². The number of nitrogens with two attached hydrogens (primary N) is 1. The summed E-state index contributed by atoms with van der Waals surface area (Å²) in [7, 11) is 0. The highest BCUT2D eigenvalue weighted by Crippen LogP contribution is 2.10. The molecule has 0 aromatic carbocycles. The van der Waals surface area contributed by atoms with Crippen LogP contribution in [-0.4, -0.2) is 39.5 Å². The molecule has 1 fully saturated rings. The molecule has 2 N–H and O–H groups in total. The number of imidazole rings is 1. The maximum Gasteiger partial charge on any atom is 0.222 e. The number of rotatable bonds is 4. The predicted molar refractivity (Wildman–Crippen MR) is 65.3 cm³/mol. The van der Waals surface area contributed by atoms with E-state index in [9.17, 15) is 4.79 Å². The van der Waals surface area contributed by atoms with Crippen molar-refractivity contribution in [3.05, 3.63) is 18.7 Å². The lowest BCUT2D eigenvalue weighted by molar-refractivity contribution is -0.132. The van der Waals surface area contributed by atoms with Crippen molar-refractivity contribution >= 4 is 5.91 Å². The molecule has 0 saturated carbocycles. The molecule has 1 amide bonds. The molecule has 1 aliphatic heterocycles. The Balaban J connectivity index is 1.70. The summed E-state index contributed by atoms with van der Waals surface area (Å²) < 4.78 is 2.00. The quantitative estimate of drug-likeness (QED) is 0.833. The topological polar surface area (TPSA) is 64.2 Å². The number of carbonyl (C=O) groups is 1. The molecule has 5 nitrogen and oxygen atoms in total. The molecule has 94 valence electrons. The molecule has 5 heteroatoms. The Kier molecular flexibility index (Phi) is 4.14. The summed E-state index contributed by atoms with van der Waals surface area (Å²) in [5.74, 6) is 0.236. The second kappa shape index (κ2) is 5.82. The van der Waals surface area contributed by atoms with E-state index in [1.807, 2.05) is 15.7 Å². The van der Waals surface area contributed by atoms with Crippen LogP contribution in [0.2, 0.25) is 0 Å². The molecule has 1 aromatic heterocycles. The van der Waals surface area contributed by atoms with Gasteiger partial charge < -0.3 is 15.2 Å². The number of hydrogen-bond donors (Lipinski definition) is 1. The van der Waals surface area contributed by atoms with Gasteiger partial charge in [0.2, 0.25) is 5.91 Å². The Bertz CT molecular complexity index is 349. The zero-order chi connectivity index (χ0) is 12.1. The molecule has 0 radical (unpaired) electrons. The third kappa shape index (κ3) is 3.56. The Morgan fingerprint density at radius 1 is 1.53 bits per heavy atom. The predicted octanol–water partition coefficient (Wildman–Crippen LogP) is 0.613. The molecule has 1 atom stereocenters. The fourth-order valence-electron chi connectivity index (χ4n) is 2.23. The lowest BCUT2D eigenvalue weighted by atomic mass is 10.1. The van der Waals surface area contributed by atoms with Crippen LogP contribution in [0, 0.1) is 0 Å². The minimum Gasteiger partial charge on any atom is -0.341 e. The van der Waals surface area contributed by atoms with Gasteiger partial charge in [-0.2, -0.15) is 0 Å². The Labute approximate surface area is 102 Å². The minimum absolute atomic E-state index is 0.168. The van der Waals surface area contributed by atoms with Crippen LogP contribution < -0.4 is 5.73 Å². The minimum atomic E-state index is 0.168. The molecule has 2 rings (SSSR count). The van der Waals surface area contributed by atoms with Crippen molar-refractivity contribution < 1.29 is 4.79 Å². The van der Waals surface area contributed by atoms with Gasteiger partial charge in [0, 0.05) is 44.5 Å². The zero-order valence-electron chi connectivity index (χ0n) is 10.1. The van der Waals surface area contributed by atoms with Crippen LogP contribution in [0.15, 0.2) is 18.7 Å². The van der Waals surface area contributed by atoms with Gasteiger partial charge in [0.25, 0.3) is 0 Å². The first-order valence-electron chi connectivity index (χ1n) is 6.25. The van der Waals surface area contributed by atoms with Gasteiger partial charge in [-0.05, 0) is 19.3 Å². The summed E-state index contributed by atoms with van der Waals surface area (Å²) in [6.07, 6.45) is 8.99. The van der Waals surface area contributed by atoms with E-state index in [0.717, 1.165) is 38.9 Å². The fourth-order valence-corrected chi connectivity index (χ4v) is 2.23. The Morgan fingerprint density at radius 3 is 3.12 bits per heavy atom. The second-order valence-corrected chi connectivity index (χ2v) is 4.65. The Morgan fingerprint density at radius 2 is 2.41 bits per heavy atom. The van der Waals surface area contributed by atoms with Gasteiger partial charge in [-0.15, -0.1) is 0 Å². The van der Waals surface area contributed by atoms with Crippen molar-refractivity contribution in [2.24, 2.45) is 5.73 Å². The number of piperidine rings is 1. The van der Waals surface area contributed by atoms with Gasteiger partial charge in [0.1, 0.15) is 0 Å². The van der Waals surface area contributed by atoms with Crippen molar-refractivity contribution in [1.82, 2.24) is 14.5 Å².